The molecular weight excluding hydrogens is 246 g/mol. The molecule has 0 aliphatic carbocycles. The van der Waals surface area contributed by atoms with E-state index < -0.39 is 0 Å². The van der Waals surface area contributed by atoms with Crippen LogP contribution in [-0.4, -0.2) is 6.54 Å². The van der Waals surface area contributed by atoms with Gasteiger partial charge in [0.15, 0.2) is 0 Å². The second-order valence-corrected chi connectivity index (χ2v) is 4.65. The van der Waals surface area contributed by atoms with Crippen LogP contribution < -0.4 is 4.72 Å². The van der Waals surface area contributed by atoms with Crippen LogP contribution in [0, 0.1) is 6.92 Å². The van der Waals surface area contributed by atoms with Crippen molar-refractivity contribution in [2.75, 3.05) is 6.54 Å². The van der Waals surface area contributed by atoms with Crippen LogP contribution in [0.2, 0.25) is 0 Å². The van der Waals surface area contributed by atoms with Crippen molar-refractivity contribution in [1.82, 2.24) is 4.72 Å². The van der Waals surface area contributed by atoms with Gasteiger partial charge < -0.3 is 0 Å². The quantitative estimate of drug-likeness (QED) is 0.653. The van der Waals surface area contributed by atoms with Crippen LogP contribution in [0.3, 0.4) is 0 Å². The summed E-state index contributed by atoms with van der Waals surface area (Å²) in [7, 11) is 0. The van der Waals surface area contributed by atoms with Crippen LogP contribution in [0.1, 0.15) is 18.9 Å². The van der Waals surface area contributed by atoms with E-state index in [0.717, 1.165) is 6.54 Å². The molecule has 0 amide bonds. The number of nitrogens with one attached hydrogen (secondary N) is 1. The zero-order valence-corrected chi connectivity index (χ0v) is 10.3. The SMILES string of the molecule is CCCNSc1cccc(Br)c1C. The van der Waals surface area contributed by atoms with E-state index in [0.29, 0.717) is 0 Å². The summed E-state index contributed by atoms with van der Waals surface area (Å²) in [5.41, 5.74) is 1.30. The third kappa shape index (κ3) is 3.33. The van der Waals surface area contributed by atoms with Gasteiger partial charge >= 0.3 is 0 Å². The summed E-state index contributed by atoms with van der Waals surface area (Å²) in [5, 5.41) is 0. The van der Waals surface area contributed by atoms with Crippen LogP contribution >= 0.6 is 27.9 Å². The molecule has 1 rings (SSSR count). The molecule has 0 heterocycles. The second-order valence-electron chi connectivity index (χ2n) is 2.86. The van der Waals surface area contributed by atoms with Crippen molar-refractivity contribution in [2.45, 2.75) is 25.2 Å². The monoisotopic (exact) mass is 259 g/mol. The average molecular weight is 260 g/mol. The first kappa shape index (κ1) is 11.1. The second kappa shape index (κ2) is 5.68. The molecule has 0 aromatic heterocycles. The Morgan fingerprint density at radius 3 is 2.92 bits per heavy atom. The lowest BCUT2D eigenvalue weighted by molar-refractivity contribution is 0.877. The summed E-state index contributed by atoms with van der Waals surface area (Å²) in [6.07, 6.45) is 1.17. The van der Waals surface area contributed by atoms with Crippen LogP contribution in [0.15, 0.2) is 27.6 Å². The van der Waals surface area contributed by atoms with E-state index in [1.807, 2.05) is 0 Å². The molecule has 1 aromatic rings. The molecule has 0 spiro atoms. The van der Waals surface area contributed by atoms with Gasteiger partial charge in [-0.05, 0) is 43.0 Å². The Morgan fingerprint density at radius 2 is 2.23 bits per heavy atom. The van der Waals surface area contributed by atoms with Crippen molar-refractivity contribution in [3.8, 4) is 0 Å². The van der Waals surface area contributed by atoms with Crippen molar-refractivity contribution < 1.29 is 0 Å². The molecule has 0 fully saturated rings. The average Bonchev–Trinajstić information content (AvgIpc) is 2.13. The highest BCUT2D eigenvalue weighted by molar-refractivity contribution is 9.10. The molecule has 0 bridgehead atoms. The summed E-state index contributed by atoms with van der Waals surface area (Å²) in [6, 6.07) is 6.26. The van der Waals surface area contributed by atoms with E-state index in [1.54, 1.807) is 11.9 Å². The number of hydrogen-bond acceptors (Lipinski definition) is 2. The van der Waals surface area contributed by atoms with Gasteiger partial charge in [-0.15, -0.1) is 0 Å². The van der Waals surface area contributed by atoms with Gasteiger partial charge in [-0.1, -0.05) is 28.9 Å². The zero-order valence-electron chi connectivity index (χ0n) is 7.93. The number of hydrogen-bond donors (Lipinski definition) is 1. The van der Waals surface area contributed by atoms with E-state index in [-0.39, 0.29) is 0 Å². The summed E-state index contributed by atoms with van der Waals surface area (Å²) in [6.45, 7) is 5.35. The fourth-order valence-electron chi connectivity index (χ4n) is 0.929. The van der Waals surface area contributed by atoms with Crippen LogP contribution in [0.25, 0.3) is 0 Å². The molecule has 1 nitrogen and oxygen atoms in total. The lowest BCUT2D eigenvalue weighted by Crippen LogP contribution is -2.03. The zero-order chi connectivity index (χ0) is 9.68. The topological polar surface area (TPSA) is 12.0 Å². The lowest BCUT2D eigenvalue weighted by Gasteiger charge is -2.06. The standard InChI is InChI=1S/C10H14BrNS/c1-3-7-12-13-10-6-4-5-9(11)8(10)2/h4-6,12H,3,7H2,1-2H3. The Kier molecular flexibility index (Phi) is 4.84. The number of rotatable bonds is 4. The minimum atomic E-state index is 1.05. The minimum absolute atomic E-state index is 1.05. The van der Waals surface area contributed by atoms with Gasteiger partial charge in [0.25, 0.3) is 0 Å². The summed E-state index contributed by atoms with van der Waals surface area (Å²) < 4.78 is 4.49. The minimum Gasteiger partial charge on any atom is -0.260 e. The maximum atomic E-state index is 3.51. The molecule has 0 saturated carbocycles. The Bertz CT molecular complexity index is 276. The number of benzene rings is 1. The molecule has 13 heavy (non-hydrogen) atoms. The Balaban J connectivity index is 2.61. The van der Waals surface area contributed by atoms with Crippen LogP contribution in [-0.2, 0) is 0 Å². The molecule has 0 radical (unpaired) electrons. The maximum absolute atomic E-state index is 3.51. The highest BCUT2D eigenvalue weighted by atomic mass is 79.9. The van der Waals surface area contributed by atoms with E-state index in [9.17, 15) is 0 Å². The Labute approximate surface area is 92.6 Å². The molecule has 0 saturated heterocycles. The van der Waals surface area contributed by atoms with Gasteiger partial charge in [-0.25, -0.2) is 0 Å². The molecule has 0 aliphatic rings. The summed E-state index contributed by atoms with van der Waals surface area (Å²) in [4.78, 5) is 1.29. The van der Waals surface area contributed by atoms with Gasteiger partial charge in [0.05, 0.1) is 0 Å². The Hall–Kier alpha value is 0.01000. The maximum Gasteiger partial charge on any atom is 0.0268 e. The molecule has 0 atom stereocenters. The van der Waals surface area contributed by atoms with Gasteiger partial charge in [0, 0.05) is 15.9 Å². The molecule has 0 aliphatic heterocycles. The fourth-order valence-corrected chi connectivity index (χ4v) is 2.30. The summed E-state index contributed by atoms with van der Waals surface area (Å²) in [5.74, 6) is 0. The molecule has 72 valence electrons. The van der Waals surface area contributed by atoms with Crippen molar-refractivity contribution >= 4 is 27.9 Å². The van der Waals surface area contributed by atoms with E-state index in [4.69, 9.17) is 0 Å². The van der Waals surface area contributed by atoms with Crippen LogP contribution in [0.4, 0.5) is 0 Å². The highest BCUT2D eigenvalue weighted by Gasteiger charge is 2.00. The first-order chi connectivity index (χ1) is 6.25. The number of halogens is 1. The van der Waals surface area contributed by atoms with Gasteiger partial charge in [-0.2, -0.15) is 0 Å². The van der Waals surface area contributed by atoms with Crippen molar-refractivity contribution in [3.63, 3.8) is 0 Å². The van der Waals surface area contributed by atoms with Crippen molar-refractivity contribution in [2.24, 2.45) is 0 Å². The third-order valence-electron chi connectivity index (χ3n) is 1.75. The van der Waals surface area contributed by atoms with E-state index in [1.165, 1.54) is 21.4 Å². The highest BCUT2D eigenvalue weighted by Crippen LogP contribution is 2.25. The predicted molar refractivity (Wildman–Crippen MR) is 63.0 cm³/mol. The lowest BCUT2D eigenvalue weighted by atomic mass is 10.2. The third-order valence-corrected chi connectivity index (χ3v) is 3.62. The molecule has 3 heteroatoms. The smallest absolute Gasteiger partial charge is 0.0268 e. The first-order valence-corrected chi connectivity index (χ1v) is 6.01. The summed E-state index contributed by atoms with van der Waals surface area (Å²) >= 11 is 5.22. The van der Waals surface area contributed by atoms with Crippen molar-refractivity contribution in [1.29, 1.82) is 0 Å². The van der Waals surface area contributed by atoms with E-state index >= 15 is 0 Å². The fraction of sp³-hybridized carbons (Fsp3) is 0.400. The van der Waals surface area contributed by atoms with Crippen molar-refractivity contribution in [3.05, 3.63) is 28.2 Å². The molecule has 1 N–H and O–H groups in total. The molecule has 1 aromatic carbocycles. The normalized spacial score (nSPS) is 10.4. The predicted octanol–water partition coefficient (Wildman–Crippen LogP) is 3.76. The van der Waals surface area contributed by atoms with Crippen LogP contribution in [0.5, 0.6) is 0 Å². The van der Waals surface area contributed by atoms with Gasteiger partial charge in [0.1, 0.15) is 0 Å². The van der Waals surface area contributed by atoms with E-state index in [2.05, 4.69) is 52.7 Å². The Morgan fingerprint density at radius 1 is 1.46 bits per heavy atom. The van der Waals surface area contributed by atoms with Gasteiger partial charge in [0.2, 0.25) is 0 Å². The largest absolute Gasteiger partial charge is 0.260 e. The molecular formula is C10H14BrNS. The van der Waals surface area contributed by atoms with Gasteiger partial charge in [-0.3, -0.25) is 4.72 Å². The molecule has 0 unspecified atom stereocenters. The first-order valence-electron chi connectivity index (χ1n) is 4.40.